The van der Waals surface area contributed by atoms with Crippen LogP contribution in [0.1, 0.15) is 42.0 Å². The Kier molecular flexibility index (Phi) is 6.96. The normalized spacial score (nSPS) is 11.4. The van der Waals surface area contributed by atoms with E-state index in [1.165, 1.54) is 11.1 Å². The smallest absolute Gasteiger partial charge is 0.244 e. The quantitative estimate of drug-likeness (QED) is 0.769. The number of carbonyl (C=O) groups excluding carboxylic acids is 1. The maximum Gasteiger partial charge on any atom is 0.244 e. The molecule has 3 nitrogen and oxygen atoms in total. The van der Waals surface area contributed by atoms with Gasteiger partial charge >= 0.3 is 0 Å². The van der Waals surface area contributed by atoms with Gasteiger partial charge < -0.3 is 10.2 Å². The number of hydrogen-bond donors (Lipinski definition) is 1. The van der Waals surface area contributed by atoms with Crippen molar-refractivity contribution in [2.45, 2.75) is 32.9 Å². The van der Waals surface area contributed by atoms with Gasteiger partial charge in [0, 0.05) is 19.2 Å². The van der Waals surface area contributed by atoms with Crippen LogP contribution in [0.5, 0.6) is 0 Å². The van der Waals surface area contributed by atoms with E-state index in [4.69, 9.17) is 0 Å². The molecule has 132 valence electrons. The van der Waals surface area contributed by atoms with Crippen molar-refractivity contribution in [1.29, 1.82) is 0 Å². The van der Waals surface area contributed by atoms with E-state index in [1.54, 1.807) is 6.08 Å². The second-order valence-corrected chi connectivity index (χ2v) is 6.88. The Morgan fingerprint density at radius 2 is 1.68 bits per heavy atom. The molecule has 3 heteroatoms. The molecule has 0 radical (unpaired) electrons. The van der Waals surface area contributed by atoms with Crippen molar-refractivity contribution in [2.24, 2.45) is 0 Å². The van der Waals surface area contributed by atoms with Crippen molar-refractivity contribution in [3.8, 4) is 0 Å². The van der Waals surface area contributed by atoms with Crippen molar-refractivity contribution < 1.29 is 4.79 Å². The molecule has 0 aromatic heterocycles. The number of rotatable bonds is 7. The molecule has 0 aliphatic rings. The van der Waals surface area contributed by atoms with Crippen LogP contribution in [0.4, 0.5) is 0 Å². The average molecular weight is 336 g/mol. The van der Waals surface area contributed by atoms with Crippen LogP contribution in [0, 0.1) is 0 Å². The summed E-state index contributed by atoms with van der Waals surface area (Å²) in [6.07, 6.45) is 3.45. The molecule has 0 atom stereocenters. The third-order valence-corrected chi connectivity index (χ3v) is 4.09. The zero-order valence-electron chi connectivity index (χ0n) is 15.6. The molecule has 1 amide bonds. The van der Waals surface area contributed by atoms with Crippen molar-refractivity contribution in [3.63, 3.8) is 0 Å². The number of nitrogens with zero attached hydrogens (tertiary/aromatic N) is 1. The predicted octanol–water partition coefficient (Wildman–Crippen LogP) is 4.20. The minimum absolute atomic E-state index is 0.0763. The van der Waals surface area contributed by atoms with Gasteiger partial charge in [0.15, 0.2) is 0 Å². The molecule has 0 saturated carbocycles. The number of carbonyl (C=O) groups is 1. The Hall–Kier alpha value is -2.39. The lowest BCUT2D eigenvalue weighted by atomic mass is 10.0. The number of hydrogen-bond acceptors (Lipinski definition) is 2. The fourth-order valence-corrected chi connectivity index (χ4v) is 2.63. The summed E-state index contributed by atoms with van der Waals surface area (Å²) in [5.74, 6) is 0.441. The lowest BCUT2D eigenvalue weighted by molar-refractivity contribution is -0.116. The molecule has 0 aliphatic heterocycles. The van der Waals surface area contributed by atoms with Crippen LogP contribution in [0.3, 0.4) is 0 Å². The highest BCUT2D eigenvalue weighted by atomic mass is 16.1. The summed E-state index contributed by atoms with van der Waals surface area (Å²) in [5, 5.41) is 2.97. The minimum atomic E-state index is -0.0763. The van der Waals surface area contributed by atoms with E-state index in [0.717, 1.165) is 17.7 Å². The van der Waals surface area contributed by atoms with Crippen molar-refractivity contribution in [1.82, 2.24) is 10.2 Å². The fraction of sp³-hybridized carbons (Fsp3) is 0.318. The van der Waals surface area contributed by atoms with Crippen LogP contribution >= 0.6 is 0 Å². The van der Waals surface area contributed by atoms with Gasteiger partial charge in [0.1, 0.15) is 0 Å². The second-order valence-electron chi connectivity index (χ2n) is 6.88. The van der Waals surface area contributed by atoms with Crippen LogP contribution in [0.2, 0.25) is 0 Å². The number of nitrogens with one attached hydrogen (secondary N) is 1. The highest BCUT2D eigenvalue weighted by Gasteiger charge is 2.04. The van der Waals surface area contributed by atoms with Gasteiger partial charge in [-0.25, -0.2) is 0 Å². The Bertz CT molecular complexity index is 715. The monoisotopic (exact) mass is 336 g/mol. The topological polar surface area (TPSA) is 32.3 Å². The summed E-state index contributed by atoms with van der Waals surface area (Å²) < 4.78 is 0. The molecular weight excluding hydrogens is 308 g/mol. The van der Waals surface area contributed by atoms with Crippen LogP contribution < -0.4 is 5.32 Å². The van der Waals surface area contributed by atoms with E-state index in [0.29, 0.717) is 12.5 Å². The zero-order valence-corrected chi connectivity index (χ0v) is 15.6. The third kappa shape index (κ3) is 6.20. The number of benzene rings is 2. The molecule has 0 heterocycles. The molecule has 2 rings (SSSR count). The van der Waals surface area contributed by atoms with E-state index < -0.39 is 0 Å². The van der Waals surface area contributed by atoms with Gasteiger partial charge in [-0.3, -0.25) is 4.79 Å². The Balaban J connectivity index is 1.92. The van der Waals surface area contributed by atoms with Gasteiger partial charge in [-0.05, 0) is 48.3 Å². The van der Waals surface area contributed by atoms with Crippen LogP contribution in [0.25, 0.3) is 6.08 Å². The summed E-state index contributed by atoms with van der Waals surface area (Å²) in [6.45, 7) is 5.75. The second kappa shape index (κ2) is 9.19. The maximum absolute atomic E-state index is 12.1. The van der Waals surface area contributed by atoms with Gasteiger partial charge in [0.25, 0.3) is 0 Å². The first-order valence-corrected chi connectivity index (χ1v) is 8.73. The van der Waals surface area contributed by atoms with Crippen molar-refractivity contribution >= 4 is 12.0 Å². The van der Waals surface area contributed by atoms with E-state index in [-0.39, 0.29) is 5.91 Å². The molecule has 0 bridgehead atoms. The first-order valence-electron chi connectivity index (χ1n) is 8.73. The van der Waals surface area contributed by atoms with E-state index in [1.807, 2.05) is 44.4 Å². The number of amides is 1. The largest absolute Gasteiger partial charge is 0.348 e. The first kappa shape index (κ1) is 18.9. The summed E-state index contributed by atoms with van der Waals surface area (Å²) in [5.41, 5.74) is 4.73. The predicted molar refractivity (Wildman–Crippen MR) is 105 cm³/mol. The van der Waals surface area contributed by atoms with Gasteiger partial charge in [-0.1, -0.05) is 62.4 Å². The molecule has 0 unspecified atom stereocenters. The fourth-order valence-electron chi connectivity index (χ4n) is 2.63. The summed E-state index contributed by atoms with van der Waals surface area (Å²) >= 11 is 0. The molecule has 0 spiro atoms. The standard InChI is InChI=1S/C22H28N2O/c1-17(2)19-12-9-18(10-13-19)11-14-22(25)23-15-20-7-5-6-8-21(20)16-24(3)4/h5-14,17H,15-16H2,1-4H3,(H,23,25)/b14-11+. The summed E-state index contributed by atoms with van der Waals surface area (Å²) in [7, 11) is 4.09. The van der Waals surface area contributed by atoms with Gasteiger partial charge in [-0.2, -0.15) is 0 Å². The molecule has 1 N–H and O–H groups in total. The zero-order chi connectivity index (χ0) is 18.2. The van der Waals surface area contributed by atoms with Crippen LogP contribution in [-0.4, -0.2) is 24.9 Å². The Morgan fingerprint density at radius 1 is 1.04 bits per heavy atom. The molecular formula is C22H28N2O. The van der Waals surface area contributed by atoms with Crippen LogP contribution in [-0.2, 0) is 17.9 Å². The van der Waals surface area contributed by atoms with Crippen LogP contribution in [0.15, 0.2) is 54.6 Å². The molecule has 0 fully saturated rings. The van der Waals surface area contributed by atoms with E-state index in [9.17, 15) is 4.79 Å². The maximum atomic E-state index is 12.1. The summed E-state index contributed by atoms with van der Waals surface area (Å²) in [4.78, 5) is 14.2. The highest BCUT2D eigenvalue weighted by Crippen LogP contribution is 2.15. The van der Waals surface area contributed by atoms with Gasteiger partial charge in [0.05, 0.1) is 0 Å². The lowest BCUT2D eigenvalue weighted by Gasteiger charge is -2.14. The van der Waals surface area contributed by atoms with Crippen molar-refractivity contribution in [3.05, 3.63) is 76.9 Å². The molecule has 25 heavy (non-hydrogen) atoms. The van der Waals surface area contributed by atoms with Gasteiger partial charge in [0.2, 0.25) is 5.91 Å². The molecule has 0 aliphatic carbocycles. The molecule has 2 aromatic rings. The van der Waals surface area contributed by atoms with Gasteiger partial charge in [-0.15, -0.1) is 0 Å². The lowest BCUT2D eigenvalue weighted by Crippen LogP contribution is -2.22. The van der Waals surface area contributed by atoms with E-state index >= 15 is 0 Å². The molecule has 2 aromatic carbocycles. The van der Waals surface area contributed by atoms with Crippen molar-refractivity contribution in [2.75, 3.05) is 14.1 Å². The summed E-state index contributed by atoms with van der Waals surface area (Å²) in [6, 6.07) is 16.5. The highest BCUT2D eigenvalue weighted by molar-refractivity contribution is 5.91. The van der Waals surface area contributed by atoms with E-state index in [2.05, 4.69) is 48.3 Å². The Morgan fingerprint density at radius 3 is 2.28 bits per heavy atom. The SMILES string of the molecule is CC(C)c1ccc(/C=C/C(=O)NCc2ccccc2CN(C)C)cc1. The minimum Gasteiger partial charge on any atom is -0.348 e. The Labute approximate surface area is 151 Å². The average Bonchev–Trinajstić information content (AvgIpc) is 2.59. The first-order chi connectivity index (χ1) is 12.0. The molecule has 0 saturated heterocycles. The third-order valence-electron chi connectivity index (χ3n) is 4.09.